The van der Waals surface area contributed by atoms with Crippen LogP contribution in [0.2, 0.25) is 0 Å². The number of nitrogen functional groups attached to an aromatic ring is 1. The van der Waals surface area contributed by atoms with Gasteiger partial charge in [-0.15, -0.1) is 0 Å². The van der Waals surface area contributed by atoms with Gasteiger partial charge in [0.2, 0.25) is 0 Å². The van der Waals surface area contributed by atoms with Crippen molar-refractivity contribution in [1.29, 1.82) is 0 Å². The summed E-state index contributed by atoms with van der Waals surface area (Å²) < 4.78 is 10.9. The molecular formula is C14H22N2O3. The summed E-state index contributed by atoms with van der Waals surface area (Å²) in [6, 6.07) is 5.04. The zero-order chi connectivity index (χ0) is 14.3. The summed E-state index contributed by atoms with van der Waals surface area (Å²) in [5, 5.41) is 0. The van der Waals surface area contributed by atoms with Gasteiger partial charge in [0.25, 0.3) is 5.91 Å². The van der Waals surface area contributed by atoms with Gasteiger partial charge in [-0.05, 0) is 18.6 Å². The minimum absolute atomic E-state index is 0.107. The Bertz CT molecular complexity index is 419. The third-order valence-electron chi connectivity index (χ3n) is 2.48. The molecule has 0 aliphatic carbocycles. The summed E-state index contributed by atoms with van der Waals surface area (Å²) >= 11 is 0. The van der Waals surface area contributed by atoms with Gasteiger partial charge in [-0.2, -0.15) is 0 Å². The van der Waals surface area contributed by atoms with Crippen molar-refractivity contribution < 1.29 is 14.3 Å². The van der Waals surface area contributed by atoms with Crippen LogP contribution in [0.25, 0.3) is 0 Å². The highest BCUT2D eigenvalue weighted by Gasteiger charge is 2.14. The minimum Gasteiger partial charge on any atom is -0.490 e. The first-order chi connectivity index (χ1) is 9.06. The molecule has 1 rings (SSSR count). The van der Waals surface area contributed by atoms with Gasteiger partial charge in [0.05, 0.1) is 12.2 Å². The second kappa shape index (κ2) is 7.63. The molecule has 0 bridgehead atoms. The number of hydrogen-bond acceptors (Lipinski definition) is 4. The monoisotopic (exact) mass is 266 g/mol. The van der Waals surface area contributed by atoms with Crippen molar-refractivity contribution in [1.82, 2.24) is 4.90 Å². The Labute approximate surface area is 114 Å². The van der Waals surface area contributed by atoms with Gasteiger partial charge in [-0.25, -0.2) is 0 Å². The van der Waals surface area contributed by atoms with Crippen LogP contribution in [-0.4, -0.2) is 44.7 Å². The number of rotatable bonds is 7. The molecular weight excluding hydrogens is 244 g/mol. The predicted octanol–water partition coefficient (Wildman–Crippen LogP) is 1.78. The average molecular weight is 266 g/mol. The molecule has 0 unspecified atom stereocenters. The lowest BCUT2D eigenvalue weighted by Crippen LogP contribution is -2.22. The Balaban J connectivity index is 2.69. The maximum atomic E-state index is 12.0. The predicted molar refractivity (Wildman–Crippen MR) is 75.5 cm³/mol. The summed E-state index contributed by atoms with van der Waals surface area (Å²) in [6.07, 6.45) is 0.975. The molecule has 0 aliphatic heterocycles. The molecule has 0 spiro atoms. The number of ether oxygens (including phenoxy) is 2. The third kappa shape index (κ3) is 4.79. The Morgan fingerprint density at radius 1 is 1.26 bits per heavy atom. The van der Waals surface area contributed by atoms with Crippen LogP contribution in [0.5, 0.6) is 5.75 Å². The molecule has 5 nitrogen and oxygen atoms in total. The lowest BCUT2D eigenvalue weighted by atomic mass is 10.1. The maximum Gasteiger partial charge on any atom is 0.257 e. The normalized spacial score (nSPS) is 10.3. The molecule has 0 aromatic heterocycles. The van der Waals surface area contributed by atoms with E-state index in [1.807, 2.05) is 6.92 Å². The van der Waals surface area contributed by atoms with Crippen LogP contribution >= 0.6 is 0 Å². The topological polar surface area (TPSA) is 64.8 Å². The van der Waals surface area contributed by atoms with Gasteiger partial charge >= 0.3 is 0 Å². The number of nitrogens with two attached hydrogens (primary N) is 1. The molecule has 1 aromatic rings. The Hall–Kier alpha value is -1.75. The number of carbonyl (C=O) groups excluding carboxylic acids is 1. The van der Waals surface area contributed by atoms with Crippen LogP contribution in [0.3, 0.4) is 0 Å². The second-order valence-electron chi connectivity index (χ2n) is 4.42. The highest BCUT2D eigenvalue weighted by molar-refractivity contribution is 5.97. The van der Waals surface area contributed by atoms with Crippen LogP contribution in [-0.2, 0) is 4.74 Å². The van der Waals surface area contributed by atoms with E-state index in [0.29, 0.717) is 36.8 Å². The van der Waals surface area contributed by atoms with E-state index in [4.69, 9.17) is 15.2 Å². The standard InChI is InChI=1S/C14H22N2O3/c1-4-7-18-8-9-19-13-10-11(15)5-6-12(13)14(17)16(2)3/h5-6,10H,4,7-9,15H2,1-3H3. The molecule has 2 N–H and O–H groups in total. The number of benzene rings is 1. The van der Waals surface area contributed by atoms with E-state index in [1.54, 1.807) is 32.3 Å². The molecule has 0 fully saturated rings. The fraction of sp³-hybridized carbons (Fsp3) is 0.500. The first kappa shape index (κ1) is 15.3. The van der Waals surface area contributed by atoms with Gasteiger partial charge in [0.15, 0.2) is 0 Å². The largest absolute Gasteiger partial charge is 0.490 e. The van der Waals surface area contributed by atoms with Gasteiger partial charge in [-0.1, -0.05) is 6.92 Å². The van der Waals surface area contributed by atoms with Crippen molar-refractivity contribution >= 4 is 11.6 Å². The van der Waals surface area contributed by atoms with Crippen LogP contribution in [0.1, 0.15) is 23.7 Å². The van der Waals surface area contributed by atoms with Crippen molar-refractivity contribution in [2.75, 3.05) is 39.6 Å². The average Bonchev–Trinajstić information content (AvgIpc) is 2.38. The van der Waals surface area contributed by atoms with Crippen LogP contribution in [0, 0.1) is 0 Å². The fourth-order valence-corrected chi connectivity index (χ4v) is 1.53. The van der Waals surface area contributed by atoms with Gasteiger partial charge in [0.1, 0.15) is 12.4 Å². The molecule has 0 radical (unpaired) electrons. The number of anilines is 1. The highest BCUT2D eigenvalue weighted by Crippen LogP contribution is 2.22. The molecule has 19 heavy (non-hydrogen) atoms. The zero-order valence-corrected chi connectivity index (χ0v) is 11.8. The number of nitrogens with zero attached hydrogens (tertiary/aromatic N) is 1. The van der Waals surface area contributed by atoms with E-state index in [1.165, 1.54) is 4.90 Å². The second-order valence-corrected chi connectivity index (χ2v) is 4.42. The molecule has 5 heteroatoms. The van der Waals surface area contributed by atoms with Crippen LogP contribution in [0.4, 0.5) is 5.69 Å². The van der Waals surface area contributed by atoms with E-state index in [0.717, 1.165) is 6.42 Å². The third-order valence-corrected chi connectivity index (χ3v) is 2.48. The number of amides is 1. The van der Waals surface area contributed by atoms with Crippen molar-refractivity contribution in [3.8, 4) is 5.75 Å². The summed E-state index contributed by atoms with van der Waals surface area (Å²) in [6.45, 7) is 3.66. The SMILES string of the molecule is CCCOCCOc1cc(N)ccc1C(=O)N(C)C. The van der Waals surface area contributed by atoms with E-state index in [9.17, 15) is 4.79 Å². The van der Waals surface area contributed by atoms with Crippen molar-refractivity contribution in [3.63, 3.8) is 0 Å². The first-order valence-electron chi connectivity index (χ1n) is 6.38. The zero-order valence-electron chi connectivity index (χ0n) is 11.8. The lowest BCUT2D eigenvalue weighted by molar-refractivity contribution is 0.0812. The van der Waals surface area contributed by atoms with E-state index in [-0.39, 0.29) is 5.91 Å². The molecule has 0 saturated carbocycles. The van der Waals surface area contributed by atoms with Gasteiger partial charge < -0.3 is 20.1 Å². The molecule has 0 heterocycles. The van der Waals surface area contributed by atoms with Crippen molar-refractivity contribution in [3.05, 3.63) is 23.8 Å². The molecule has 0 atom stereocenters. The van der Waals surface area contributed by atoms with Crippen LogP contribution in [0.15, 0.2) is 18.2 Å². The highest BCUT2D eigenvalue weighted by atomic mass is 16.5. The quantitative estimate of drug-likeness (QED) is 0.603. The Kier molecular flexibility index (Phi) is 6.15. The van der Waals surface area contributed by atoms with Gasteiger partial charge in [0, 0.05) is 32.5 Å². The summed E-state index contributed by atoms with van der Waals surface area (Å²) in [5.74, 6) is 0.392. The minimum atomic E-state index is -0.107. The van der Waals surface area contributed by atoms with Crippen molar-refractivity contribution in [2.45, 2.75) is 13.3 Å². The number of hydrogen-bond donors (Lipinski definition) is 1. The lowest BCUT2D eigenvalue weighted by Gasteiger charge is -2.15. The van der Waals surface area contributed by atoms with E-state index >= 15 is 0 Å². The smallest absolute Gasteiger partial charge is 0.257 e. The van der Waals surface area contributed by atoms with E-state index in [2.05, 4.69) is 0 Å². The molecule has 0 saturated heterocycles. The summed E-state index contributed by atoms with van der Waals surface area (Å²) in [4.78, 5) is 13.5. The van der Waals surface area contributed by atoms with E-state index < -0.39 is 0 Å². The molecule has 0 aliphatic rings. The first-order valence-corrected chi connectivity index (χ1v) is 6.38. The van der Waals surface area contributed by atoms with Crippen LogP contribution < -0.4 is 10.5 Å². The molecule has 1 amide bonds. The Morgan fingerprint density at radius 2 is 2.00 bits per heavy atom. The fourth-order valence-electron chi connectivity index (χ4n) is 1.53. The summed E-state index contributed by atoms with van der Waals surface area (Å²) in [5.41, 5.74) is 6.80. The summed E-state index contributed by atoms with van der Waals surface area (Å²) in [7, 11) is 3.40. The maximum absolute atomic E-state index is 12.0. The van der Waals surface area contributed by atoms with Crippen molar-refractivity contribution in [2.24, 2.45) is 0 Å². The number of carbonyl (C=O) groups is 1. The molecule has 106 valence electrons. The molecule has 1 aromatic carbocycles. The van der Waals surface area contributed by atoms with Gasteiger partial charge in [-0.3, -0.25) is 4.79 Å². The Morgan fingerprint density at radius 3 is 2.63 bits per heavy atom.